The minimum absolute atomic E-state index is 0. The van der Waals surface area contributed by atoms with Crippen molar-refractivity contribution in [3.05, 3.63) is 41.2 Å². The molecule has 0 atom stereocenters. The van der Waals surface area contributed by atoms with Gasteiger partial charge in [-0.2, -0.15) is 0 Å². The number of nitrogens with two attached hydrogens (primary N) is 1. The van der Waals surface area contributed by atoms with Gasteiger partial charge in [-0.25, -0.2) is 9.37 Å². The Morgan fingerprint density at radius 1 is 1.50 bits per heavy atom. The molecule has 0 aliphatic carbocycles. The normalized spacial score (nSPS) is 11.2. The highest BCUT2D eigenvalue weighted by molar-refractivity contribution is 7.21. The van der Waals surface area contributed by atoms with Crippen LogP contribution >= 0.6 is 11.3 Å². The number of amides is 1. The fourth-order valence-electron chi connectivity index (χ4n) is 2.43. The summed E-state index contributed by atoms with van der Waals surface area (Å²) in [6, 6.07) is 5.87. The molecule has 0 aliphatic rings. The molecule has 3 aromatic rings. The predicted octanol–water partition coefficient (Wildman–Crippen LogP) is 2.37. The standard InChI is InChI=1S/C17H14BFN4O2S.H2/c1-21-7-8-5-9(6-12(19)13(8)20)22-16(24)10-3-4-11(18)15-14(10)23-17(25-2)26-15;/h3-7H,20H2,1-2H3,(H,22,24);1H. The summed E-state index contributed by atoms with van der Waals surface area (Å²) >= 11 is 1.24. The number of ether oxygens (including phenoxy) is 1. The molecule has 26 heavy (non-hydrogen) atoms. The third-order valence-electron chi connectivity index (χ3n) is 3.66. The second-order valence-electron chi connectivity index (χ2n) is 5.37. The number of carbonyl (C=O) groups excluding carboxylic acids is 1. The zero-order valence-corrected chi connectivity index (χ0v) is 14.9. The molecule has 2 radical (unpaired) electrons. The maximum Gasteiger partial charge on any atom is 0.274 e. The Morgan fingerprint density at radius 2 is 2.27 bits per heavy atom. The average Bonchev–Trinajstić information content (AvgIpc) is 3.05. The highest BCUT2D eigenvalue weighted by Crippen LogP contribution is 2.29. The fourth-order valence-corrected chi connectivity index (χ4v) is 3.27. The summed E-state index contributed by atoms with van der Waals surface area (Å²) in [6.45, 7) is 0. The SMILES string of the molecule is [B]c1ccc(C(=O)Nc2cc(F)c(N)c(C=NC)c2)c2nc(OC)sc12.[HH]. The summed E-state index contributed by atoms with van der Waals surface area (Å²) in [6.07, 6.45) is 1.42. The van der Waals surface area contributed by atoms with Crippen molar-refractivity contribution >= 4 is 58.4 Å². The van der Waals surface area contributed by atoms with Gasteiger partial charge in [0.25, 0.3) is 11.1 Å². The van der Waals surface area contributed by atoms with Gasteiger partial charge < -0.3 is 15.8 Å². The average molecular weight is 370 g/mol. The fraction of sp³-hybridized carbons (Fsp3) is 0.118. The van der Waals surface area contributed by atoms with Crippen LogP contribution in [0.4, 0.5) is 15.8 Å². The lowest BCUT2D eigenvalue weighted by Gasteiger charge is -2.10. The number of benzene rings is 2. The number of hydrogen-bond donors (Lipinski definition) is 2. The van der Waals surface area contributed by atoms with Crippen molar-refractivity contribution in [1.29, 1.82) is 0 Å². The van der Waals surface area contributed by atoms with Gasteiger partial charge in [0, 0.05) is 25.9 Å². The third kappa shape index (κ3) is 3.25. The number of rotatable bonds is 4. The number of nitrogens with zero attached hydrogens (tertiary/aromatic N) is 2. The number of anilines is 2. The third-order valence-corrected chi connectivity index (χ3v) is 4.73. The van der Waals surface area contributed by atoms with Gasteiger partial charge >= 0.3 is 0 Å². The van der Waals surface area contributed by atoms with Crippen molar-refractivity contribution in [2.45, 2.75) is 0 Å². The summed E-state index contributed by atoms with van der Waals surface area (Å²) in [4.78, 5) is 20.8. The zero-order valence-electron chi connectivity index (χ0n) is 14.0. The Bertz CT molecular complexity index is 1040. The quantitative estimate of drug-likeness (QED) is 0.419. The number of nitrogens with one attached hydrogen (secondary N) is 1. The molecule has 0 saturated heterocycles. The first-order valence-electron chi connectivity index (χ1n) is 7.50. The van der Waals surface area contributed by atoms with Crippen LogP contribution in [0.5, 0.6) is 5.19 Å². The van der Waals surface area contributed by atoms with Crippen LogP contribution in [0.15, 0.2) is 29.3 Å². The summed E-state index contributed by atoms with van der Waals surface area (Å²) in [5, 5.41) is 3.05. The first-order chi connectivity index (χ1) is 12.4. The van der Waals surface area contributed by atoms with E-state index in [2.05, 4.69) is 15.3 Å². The minimum atomic E-state index is -0.643. The number of methoxy groups -OCH3 is 1. The number of hydrogen-bond acceptors (Lipinski definition) is 6. The van der Waals surface area contributed by atoms with Crippen molar-refractivity contribution in [3.63, 3.8) is 0 Å². The number of fused-ring (bicyclic) bond motifs is 1. The lowest BCUT2D eigenvalue weighted by molar-refractivity contribution is 0.102. The molecule has 9 heteroatoms. The lowest BCUT2D eigenvalue weighted by atomic mass is 9.94. The molecule has 1 aromatic heterocycles. The van der Waals surface area contributed by atoms with Crippen LogP contribution in [-0.2, 0) is 0 Å². The zero-order chi connectivity index (χ0) is 18.8. The van der Waals surface area contributed by atoms with Crippen LogP contribution in [-0.4, -0.2) is 39.1 Å². The molecule has 3 N–H and O–H groups in total. The van der Waals surface area contributed by atoms with Gasteiger partial charge in [0.1, 0.15) is 13.7 Å². The summed E-state index contributed by atoms with van der Waals surface area (Å²) in [7, 11) is 8.97. The Kier molecular flexibility index (Phi) is 4.90. The van der Waals surface area contributed by atoms with E-state index in [0.29, 0.717) is 32.0 Å². The molecule has 0 fully saturated rings. The molecular weight excluding hydrogens is 354 g/mol. The van der Waals surface area contributed by atoms with E-state index >= 15 is 0 Å². The molecule has 0 saturated carbocycles. The van der Waals surface area contributed by atoms with Crippen molar-refractivity contribution in [3.8, 4) is 5.19 Å². The molecular formula is C17H16BFN4O2S. The maximum absolute atomic E-state index is 14.0. The highest BCUT2D eigenvalue weighted by atomic mass is 32.1. The van der Waals surface area contributed by atoms with Crippen molar-refractivity contribution in [2.75, 3.05) is 25.2 Å². The van der Waals surface area contributed by atoms with Gasteiger partial charge in [-0.3, -0.25) is 9.79 Å². The molecule has 1 heterocycles. The Hall–Kier alpha value is -2.94. The molecule has 2 aromatic carbocycles. The van der Waals surface area contributed by atoms with E-state index < -0.39 is 11.7 Å². The topological polar surface area (TPSA) is 89.6 Å². The van der Waals surface area contributed by atoms with E-state index in [9.17, 15) is 9.18 Å². The van der Waals surface area contributed by atoms with Crippen LogP contribution < -0.4 is 21.3 Å². The van der Waals surface area contributed by atoms with E-state index in [1.165, 1.54) is 24.7 Å². The van der Waals surface area contributed by atoms with Gasteiger partial charge in [-0.1, -0.05) is 22.9 Å². The summed E-state index contributed by atoms with van der Waals surface area (Å²) in [5.74, 6) is -1.10. The van der Waals surface area contributed by atoms with Gasteiger partial charge in [0.15, 0.2) is 0 Å². The Labute approximate surface area is 155 Å². The number of nitrogen functional groups attached to an aromatic ring is 1. The molecule has 3 rings (SSSR count). The first-order valence-corrected chi connectivity index (χ1v) is 8.31. The van der Waals surface area contributed by atoms with Crippen LogP contribution in [0.2, 0.25) is 0 Å². The van der Waals surface area contributed by atoms with Crippen LogP contribution in [0.1, 0.15) is 17.3 Å². The lowest BCUT2D eigenvalue weighted by Crippen LogP contribution is -2.15. The molecule has 132 valence electrons. The van der Waals surface area contributed by atoms with E-state index in [0.717, 1.165) is 6.07 Å². The Balaban J connectivity index is 0.00000261. The molecule has 0 spiro atoms. The smallest absolute Gasteiger partial charge is 0.274 e. The molecule has 0 aliphatic heterocycles. The van der Waals surface area contributed by atoms with Gasteiger partial charge in [0.05, 0.1) is 28.6 Å². The molecule has 1 amide bonds. The second-order valence-corrected chi connectivity index (χ2v) is 6.33. The van der Waals surface area contributed by atoms with E-state index in [-0.39, 0.29) is 12.8 Å². The first kappa shape index (κ1) is 17.9. The Morgan fingerprint density at radius 3 is 2.96 bits per heavy atom. The van der Waals surface area contributed by atoms with E-state index in [1.807, 2.05) is 0 Å². The highest BCUT2D eigenvalue weighted by Gasteiger charge is 2.17. The largest absolute Gasteiger partial charge is 0.473 e. The molecule has 6 nitrogen and oxygen atoms in total. The van der Waals surface area contributed by atoms with Crippen LogP contribution in [0.3, 0.4) is 0 Å². The predicted molar refractivity (Wildman–Crippen MR) is 106 cm³/mol. The van der Waals surface area contributed by atoms with Gasteiger partial charge in [-0.05, 0) is 18.2 Å². The van der Waals surface area contributed by atoms with Crippen molar-refractivity contribution in [2.24, 2.45) is 4.99 Å². The van der Waals surface area contributed by atoms with Gasteiger partial charge in [0.2, 0.25) is 0 Å². The van der Waals surface area contributed by atoms with Crippen molar-refractivity contribution < 1.29 is 15.3 Å². The summed E-state index contributed by atoms with van der Waals surface area (Å²) < 4.78 is 19.8. The minimum Gasteiger partial charge on any atom is -0.473 e. The number of halogens is 1. The number of carbonyl (C=O) groups is 1. The number of thiazole rings is 1. The van der Waals surface area contributed by atoms with E-state index in [1.54, 1.807) is 25.2 Å². The van der Waals surface area contributed by atoms with Crippen LogP contribution in [0.25, 0.3) is 10.2 Å². The monoisotopic (exact) mass is 370 g/mol. The number of aromatic nitrogens is 1. The maximum atomic E-state index is 14.0. The van der Waals surface area contributed by atoms with E-state index in [4.69, 9.17) is 18.3 Å². The van der Waals surface area contributed by atoms with Crippen molar-refractivity contribution in [1.82, 2.24) is 4.98 Å². The van der Waals surface area contributed by atoms with Crippen LogP contribution in [0, 0.1) is 5.82 Å². The molecule has 0 bridgehead atoms. The number of aliphatic imine (C=N–C) groups is 1. The van der Waals surface area contributed by atoms with Gasteiger partial charge in [-0.15, -0.1) is 0 Å². The second kappa shape index (κ2) is 7.13. The molecule has 0 unspecified atom stereocenters. The summed E-state index contributed by atoms with van der Waals surface area (Å²) in [5.41, 5.74) is 7.49.